The fraction of sp³-hybridized carbons (Fsp3) is 0.318. The Morgan fingerprint density at radius 3 is 2.24 bits per heavy atom. The second-order valence-electron chi connectivity index (χ2n) is 7.76. The van der Waals surface area contributed by atoms with Crippen LogP contribution < -0.4 is 14.8 Å². The molecule has 3 rings (SSSR count). The van der Waals surface area contributed by atoms with Gasteiger partial charge in [-0.3, -0.25) is 9.59 Å². The van der Waals surface area contributed by atoms with Gasteiger partial charge < -0.3 is 19.5 Å². The Kier molecular flexibility index (Phi) is 5.59. The van der Waals surface area contributed by atoms with Gasteiger partial charge in [0.1, 0.15) is 0 Å². The van der Waals surface area contributed by atoms with Crippen LogP contribution in [0.5, 0.6) is 11.5 Å². The van der Waals surface area contributed by atoms with E-state index in [-0.39, 0.29) is 24.0 Å². The number of Topliss-reactive ketones (excluding diaryl/α,β-unsaturated/α-hetero) is 1. The SMILES string of the molecule is C[C@@H](OC(=O)c1ccc2c(c1)OCO2)C(=O)c1ccc(NC(=O)C(C)(C)C)cc1. The molecule has 2 aromatic rings. The summed E-state index contributed by atoms with van der Waals surface area (Å²) in [6.07, 6.45) is -0.970. The first kappa shape index (κ1) is 20.4. The molecule has 0 fully saturated rings. The molecule has 7 heteroatoms. The van der Waals surface area contributed by atoms with Gasteiger partial charge >= 0.3 is 5.97 Å². The summed E-state index contributed by atoms with van der Waals surface area (Å²) < 4.78 is 15.7. The van der Waals surface area contributed by atoms with E-state index in [4.69, 9.17) is 14.2 Å². The van der Waals surface area contributed by atoms with Crippen molar-refractivity contribution in [2.45, 2.75) is 33.8 Å². The van der Waals surface area contributed by atoms with Crippen molar-refractivity contribution in [2.24, 2.45) is 5.41 Å². The standard InChI is InChI=1S/C22H23NO6/c1-13(29-20(25)15-7-10-17-18(11-15)28-12-27-17)19(24)14-5-8-16(9-6-14)23-21(26)22(2,3)4/h5-11,13H,12H2,1-4H3,(H,23,26)/t13-/m1/s1. The Hall–Kier alpha value is -3.35. The summed E-state index contributed by atoms with van der Waals surface area (Å²) in [7, 11) is 0. The summed E-state index contributed by atoms with van der Waals surface area (Å²) in [4.78, 5) is 37.0. The number of ketones is 1. The van der Waals surface area contributed by atoms with Crippen LogP contribution in [0.3, 0.4) is 0 Å². The molecule has 0 saturated heterocycles. The van der Waals surface area contributed by atoms with Crippen LogP contribution in [0.15, 0.2) is 42.5 Å². The molecule has 1 heterocycles. The van der Waals surface area contributed by atoms with Gasteiger partial charge in [-0.2, -0.15) is 0 Å². The van der Waals surface area contributed by atoms with Crippen molar-refractivity contribution in [3.05, 3.63) is 53.6 Å². The number of fused-ring (bicyclic) bond motifs is 1. The van der Waals surface area contributed by atoms with Crippen LogP contribution >= 0.6 is 0 Å². The highest BCUT2D eigenvalue weighted by Crippen LogP contribution is 2.32. The molecule has 1 amide bonds. The number of rotatable bonds is 5. The van der Waals surface area contributed by atoms with E-state index in [9.17, 15) is 14.4 Å². The van der Waals surface area contributed by atoms with Gasteiger partial charge in [0.05, 0.1) is 5.56 Å². The lowest BCUT2D eigenvalue weighted by atomic mass is 9.95. The summed E-state index contributed by atoms with van der Waals surface area (Å²) in [5.74, 6) is -0.0655. The number of anilines is 1. The van der Waals surface area contributed by atoms with Crippen LogP contribution in [0, 0.1) is 5.41 Å². The lowest BCUT2D eigenvalue weighted by Gasteiger charge is -2.18. The molecule has 1 aliphatic heterocycles. The normalized spacial score (nSPS) is 13.5. The van der Waals surface area contributed by atoms with Crippen LogP contribution in [0.25, 0.3) is 0 Å². The van der Waals surface area contributed by atoms with Crippen molar-refractivity contribution in [2.75, 3.05) is 12.1 Å². The number of carbonyl (C=O) groups is 3. The van der Waals surface area contributed by atoms with E-state index in [1.54, 1.807) is 36.4 Å². The number of carbonyl (C=O) groups excluding carboxylic acids is 3. The van der Waals surface area contributed by atoms with Crippen molar-refractivity contribution in [3.8, 4) is 11.5 Å². The molecule has 1 N–H and O–H groups in total. The Morgan fingerprint density at radius 1 is 0.966 bits per heavy atom. The average molecular weight is 397 g/mol. The molecule has 7 nitrogen and oxygen atoms in total. The van der Waals surface area contributed by atoms with Gasteiger partial charge in [-0.15, -0.1) is 0 Å². The van der Waals surface area contributed by atoms with Crippen LogP contribution in [0.4, 0.5) is 5.69 Å². The quantitative estimate of drug-likeness (QED) is 0.609. The average Bonchev–Trinajstić information content (AvgIpc) is 3.15. The molecular weight excluding hydrogens is 374 g/mol. The number of amides is 1. The van der Waals surface area contributed by atoms with E-state index in [0.717, 1.165) is 0 Å². The fourth-order valence-electron chi connectivity index (χ4n) is 2.58. The van der Waals surface area contributed by atoms with Crippen molar-refractivity contribution < 1.29 is 28.6 Å². The topological polar surface area (TPSA) is 90.9 Å². The number of benzene rings is 2. The second kappa shape index (κ2) is 7.95. The first-order valence-electron chi connectivity index (χ1n) is 9.21. The highest BCUT2D eigenvalue weighted by Gasteiger charge is 2.24. The fourth-order valence-corrected chi connectivity index (χ4v) is 2.58. The summed E-state index contributed by atoms with van der Waals surface area (Å²) >= 11 is 0. The molecule has 0 aliphatic carbocycles. The molecule has 0 radical (unpaired) electrons. The first-order valence-corrected chi connectivity index (χ1v) is 9.21. The molecule has 0 aromatic heterocycles. The molecule has 0 unspecified atom stereocenters. The van der Waals surface area contributed by atoms with Gasteiger partial charge in [-0.1, -0.05) is 20.8 Å². The number of esters is 1. The summed E-state index contributed by atoms with van der Waals surface area (Å²) in [5, 5.41) is 2.79. The van der Waals surface area contributed by atoms with Gasteiger partial charge in [-0.05, 0) is 49.4 Å². The zero-order valence-corrected chi connectivity index (χ0v) is 16.8. The molecule has 0 spiro atoms. The van der Waals surface area contributed by atoms with Gasteiger partial charge in [0, 0.05) is 16.7 Å². The maximum absolute atomic E-state index is 12.6. The van der Waals surface area contributed by atoms with Crippen molar-refractivity contribution >= 4 is 23.3 Å². The van der Waals surface area contributed by atoms with Gasteiger partial charge in [-0.25, -0.2) is 4.79 Å². The smallest absolute Gasteiger partial charge is 0.338 e. The lowest BCUT2D eigenvalue weighted by Crippen LogP contribution is -2.27. The largest absolute Gasteiger partial charge is 0.454 e. The molecule has 29 heavy (non-hydrogen) atoms. The van der Waals surface area contributed by atoms with Gasteiger partial charge in [0.15, 0.2) is 17.6 Å². The van der Waals surface area contributed by atoms with Crippen LogP contribution in [-0.4, -0.2) is 30.6 Å². The molecule has 0 bridgehead atoms. The first-order chi connectivity index (χ1) is 13.6. The highest BCUT2D eigenvalue weighted by atomic mass is 16.7. The van der Waals surface area contributed by atoms with Crippen molar-refractivity contribution in [3.63, 3.8) is 0 Å². The van der Waals surface area contributed by atoms with E-state index >= 15 is 0 Å². The zero-order chi connectivity index (χ0) is 21.2. The number of hydrogen-bond donors (Lipinski definition) is 1. The van der Waals surface area contributed by atoms with Crippen molar-refractivity contribution in [1.82, 2.24) is 0 Å². The Morgan fingerprint density at radius 2 is 1.59 bits per heavy atom. The Bertz CT molecular complexity index is 943. The van der Waals surface area contributed by atoms with E-state index in [0.29, 0.717) is 22.7 Å². The summed E-state index contributed by atoms with van der Waals surface area (Å²) in [6.45, 7) is 7.07. The predicted octanol–water partition coefficient (Wildman–Crippen LogP) is 3.83. The number of nitrogens with one attached hydrogen (secondary N) is 1. The van der Waals surface area contributed by atoms with E-state index < -0.39 is 17.5 Å². The third kappa shape index (κ3) is 4.74. The minimum Gasteiger partial charge on any atom is -0.454 e. The van der Waals surface area contributed by atoms with Gasteiger partial charge in [0.25, 0.3) is 0 Å². The Balaban J connectivity index is 1.62. The molecule has 0 saturated carbocycles. The van der Waals surface area contributed by atoms with Gasteiger partial charge in [0.2, 0.25) is 18.5 Å². The molecule has 1 aliphatic rings. The molecule has 1 atom stereocenters. The van der Waals surface area contributed by atoms with Crippen molar-refractivity contribution in [1.29, 1.82) is 0 Å². The predicted molar refractivity (Wildman–Crippen MR) is 106 cm³/mol. The summed E-state index contributed by atoms with van der Waals surface area (Å²) in [6, 6.07) is 11.2. The maximum Gasteiger partial charge on any atom is 0.338 e. The Labute approximate surface area is 169 Å². The van der Waals surface area contributed by atoms with E-state index in [1.165, 1.54) is 13.0 Å². The molecular formula is C22H23NO6. The number of ether oxygens (including phenoxy) is 3. The highest BCUT2D eigenvalue weighted by molar-refractivity contribution is 6.02. The van der Waals surface area contributed by atoms with Crippen LogP contribution in [0.1, 0.15) is 48.4 Å². The zero-order valence-electron chi connectivity index (χ0n) is 16.8. The van der Waals surface area contributed by atoms with E-state index in [1.807, 2.05) is 20.8 Å². The third-order valence-electron chi connectivity index (χ3n) is 4.37. The van der Waals surface area contributed by atoms with E-state index in [2.05, 4.69) is 5.32 Å². The minimum atomic E-state index is -0.970. The number of hydrogen-bond acceptors (Lipinski definition) is 6. The second-order valence-corrected chi connectivity index (χ2v) is 7.76. The van der Waals surface area contributed by atoms with Crippen LogP contribution in [0.2, 0.25) is 0 Å². The minimum absolute atomic E-state index is 0.106. The molecule has 2 aromatic carbocycles. The maximum atomic E-state index is 12.6. The lowest BCUT2D eigenvalue weighted by molar-refractivity contribution is -0.123. The molecule has 152 valence electrons. The third-order valence-corrected chi connectivity index (χ3v) is 4.37. The monoisotopic (exact) mass is 397 g/mol. The van der Waals surface area contributed by atoms with Crippen LogP contribution in [-0.2, 0) is 9.53 Å². The summed E-state index contributed by atoms with van der Waals surface area (Å²) in [5.41, 5.74) is 0.719.